The van der Waals surface area contributed by atoms with Gasteiger partial charge in [0.25, 0.3) is 0 Å². The van der Waals surface area contributed by atoms with E-state index in [4.69, 9.17) is 19.9 Å². The van der Waals surface area contributed by atoms with E-state index in [1.54, 1.807) is 21.3 Å². The summed E-state index contributed by atoms with van der Waals surface area (Å²) in [4.78, 5) is 6.87. The second kappa shape index (κ2) is 9.21. The van der Waals surface area contributed by atoms with Gasteiger partial charge < -0.3 is 30.2 Å². The Kier molecular flexibility index (Phi) is 6.47. The van der Waals surface area contributed by atoms with Crippen molar-refractivity contribution >= 4 is 17.3 Å². The molecule has 1 aliphatic rings. The minimum absolute atomic E-state index is 0.363. The lowest BCUT2D eigenvalue weighted by Crippen LogP contribution is -2.25. The van der Waals surface area contributed by atoms with Gasteiger partial charge in [-0.05, 0) is 36.6 Å². The summed E-state index contributed by atoms with van der Waals surface area (Å²) in [5, 5.41) is 3.11. The van der Waals surface area contributed by atoms with E-state index in [1.807, 2.05) is 36.4 Å². The molecule has 0 radical (unpaired) electrons. The van der Waals surface area contributed by atoms with Crippen LogP contribution >= 0.6 is 0 Å². The van der Waals surface area contributed by atoms with Gasteiger partial charge in [-0.25, -0.2) is 0 Å². The molecule has 2 aromatic rings. The second-order valence-electron chi connectivity index (χ2n) is 6.69. The lowest BCUT2D eigenvalue weighted by Gasteiger charge is -2.21. The summed E-state index contributed by atoms with van der Waals surface area (Å²) in [5.41, 5.74) is 7.95. The molecule has 0 spiro atoms. The summed E-state index contributed by atoms with van der Waals surface area (Å²) in [6, 6.07) is 13.6. The van der Waals surface area contributed by atoms with Crippen molar-refractivity contribution in [2.24, 2.45) is 16.6 Å². The molecule has 3 N–H and O–H groups in total. The molecule has 1 aliphatic heterocycles. The first-order chi connectivity index (χ1) is 13.6. The fourth-order valence-electron chi connectivity index (χ4n) is 3.41. The van der Waals surface area contributed by atoms with Crippen LogP contribution in [0.25, 0.3) is 0 Å². The Morgan fingerprint density at radius 1 is 1.11 bits per heavy atom. The van der Waals surface area contributed by atoms with Crippen LogP contribution in [0.2, 0.25) is 0 Å². The number of nitrogens with one attached hydrogen (secondary N) is 1. The number of nitrogens with two attached hydrogens (primary N) is 1. The van der Waals surface area contributed by atoms with E-state index < -0.39 is 0 Å². The molecule has 0 bridgehead atoms. The maximum Gasteiger partial charge on any atom is 0.193 e. The van der Waals surface area contributed by atoms with Crippen molar-refractivity contribution in [3.8, 4) is 17.2 Å². The number of benzene rings is 2. The molecule has 7 heteroatoms. The summed E-state index contributed by atoms with van der Waals surface area (Å²) in [5.74, 6) is 3.11. The van der Waals surface area contributed by atoms with Crippen molar-refractivity contribution in [2.75, 3.05) is 51.2 Å². The Bertz CT molecular complexity index is 825. The quantitative estimate of drug-likeness (QED) is 0.564. The summed E-state index contributed by atoms with van der Waals surface area (Å²) >= 11 is 0. The standard InChI is InChI=1S/C21H28N4O3/c1-26-16-8-9-19(27-2)17(12-16)24-21(22)23-13-15-10-11-25(14-15)18-6-4-5-7-20(18)28-3/h4-9,12,15H,10-11,13-14H2,1-3H3,(H3,22,23,24). The Morgan fingerprint density at radius 3 is 2.64 bits per heavy atom. The second-order valence-corrected chi connectivity index (χ2v) is 6.69. The largest absolute Gasteiger partial charge is 0.497 e. The van der Waals surface area contributed by atoms with Crippen LogP contribution in [0.15, 0.2) is 47.5 Å². The van der Waals surface area contributed by atoms with Gasteiger partial charge in [0.1, 0.15) is 17.2 Å². The molecule has 1 fully saturated rings. The van der Waals surface area contributed by atoms with Gasteiger partial charge in [-0.2, -0.15) is 0 Å². The summed E-state index contributed by atoms with van der Waals surface area (Å²) in [7, 11) is 4.94. The molecule has 1 unspecified atom stereocenters. The van der Waals surface area contributed by atoms with Gasteiger partial charge in [-0.3, -0.25) is 4.99 Å². The highest BCUT2D eigenvalue weighted by Gasteiger charge is 2.24. The fourth-order valence-corrected chi connectivity index (χ4v) is 3.41. The van der Waals surface area contributed by atoms with Gasteiger partial charge in [0, 0.05) is 25.7 Å². The molecule has 0 aromatic heterocycles. The predicted octanol–water partition coefficient (Wildman–Crippen LogP) is 2.97. The number of nitrogens with zero attached hydrogens (tertiary/aromatic N) is 2. The highest BCUT2D eigenvalue weighted by Crippen LogP contribution is 2.32. The lowest BCUT2D eigenvalue weighted by molar-refractivity contribution is 0.405. The molecule has 2 aromatic carbocycles. The average Bonchev–Trinajstić information content (AvgIpc) is 3.21. The van der Waals surface area contributed by atoms with Crippen molar-refractivity contribution in [1.82, 2.24) is 0 Å². The molecule has 0 aliphatic carbocycles. The molecule has 0 saturated carbocycles. The number of para-hydroxylation sites is 2. The van der Waals surface area contributed by atoms with Gasteiger partial charge in [0.2, 0.25) is 0 Å². The molecule has 1 saturated heterocycles. The maximum atomic E-state index is 6.10. The third-order valence-electron chi connectivity index (χ3n) is 4.90. The van der Waals surface area contributed by atoms with E-state index in [9.17, 15) is 0 Å². The minimum Gasteiger partial charge on any atom is -0.497 e. The molecule has 3 rings (SSSR count). The zero-order valence-electron chi connectivity index (χ0n) is 16.6. The first-order valence-electron chi connectivity index (χ1n) is 9.31. The molecule has 150 valence electrons. The number of hydrogen-bond acceptors (Lipinski definition) is 5. The van der Waals surface area contributed by atoms with Crippen molar-refractivity contribution < 1.29 is 14.2 Å². The SMILES string of the molecule is COc1ccc(OC)c(NC(N)=NCC2CCN(c3ccccc3OC)C2)c1. The zero-order chi connectivity index (χ0) is 19.9. The van der Waals surface area contributed by atoms with E-state index >= 15 is 0 Å². The first kappa shape index (κ1) is 19.7. The fraction of sp³-hybridized carbons (Fsp3) is 0.381. The predicted molar refractivity (Wildman–Crippen MR) is 113 cm³/mol. The molecule has 7 nitrogen and oxygen atoms in total. The number of ether oxygens (including phenoxy) is 3. The third-order valence-corrected chi connectivity index (χ3v) is 4.90. The van der Waals surface area contributed by atoms with E-state index in [2.05, 4.69) is 21.3 Å². The number of rotatable bonds is 7. The van der Waals surface area contributed by atoms with Gasteiger partial charge in [-0.15, -0.1) is 0 Å². The smallest absolute Gasteiger partial charge is 0.193 e. The molecule has 1 atom stereocenters. The molecule has 28 heavy (non-hydrogen) atoms. The summed E-state index contributed by atoms with van der Waals surface area (Å²) in [6.45, 7) is 2.58. The Balaban J connectivity index is 1.60. The first-order valence-corrected chi connectivity index (χ1v) is 9.31. The number of aliphatic imine (C=N–C) groups is 1. The maximum absolute atomic E-state index is 6.10. The van der Waals surface area contributed by atoms with Gasteiger partial charge in [0.05, 0.1) is 32.7 Å². The van der Waals surface area contributed by atoms with Crippen molar-refractivity contribution in [2.45, 2.75) is 6.42 Å². The highest BCUT2D eigenvalue weighted by molar-refractivity contribution is 5.94. The molecule has 0 amide bonds. The van der Waals surface area contributed by atoms with Crippen molar-refractivity contribution in [3.05, 3.63) is 42.5 Å². The highest BCUT2D eigenvalue weighted by atomic mass is 16.5. The van der Waals surface area contributed by atoms with E-state index in [-0.39, 0.29) is 0 Å². The zero-order valence-corrected chi connectivity index (χ0v) is 16.6. The van der Waals surface area contributed by atoms with Crippen LogP contribution < -0.4 is 30.2 Å². The van der Waals surface area contributed by atoms with Gasteiger partial charge in [0.15, 0.2) is 5.96 Å². The molecular formula is C21H28N4O3. The monoisotopic (exact) mass is 384 g/mol. The van der Waals surface area contributed by atoms with Crippen molar-refractivity contribution in [3.63, 3.8) is 0 Å². The van der Waals surface area contributed by atoms with Gasteiger partial charge >= 0.3 is 0 Å². The van der Waals surface area contributed by atoms with E-state index in [0.29, 0.717) is 24.2 Å². The third kappa shape index (κ3) is 4.60. The number of anilines is 2. The van der Waals surface area contributed by atoms with Crippen LogP contribution in [0.1, 0.15) is 6.42 Å². The Hall–Kier alpha value is -3.09. The lowest BCUT2D eigenvalue weighted by atomic mass is 10.1. The van der Waals surface area contributed by atoms with Crippen LogP contribution in [0.4, 0.5) is 11.4 Å². The van der Waals surface area contributed by atoms with E-state index in [1.165, 1.54) is 0 Å². The topological polar surface area (TPSA) is 81.3 Å². The van der Waals surface area contributed by atoms with Crippen LogP contribution in [0.5, 0.6) is 17.2 Å². The number of hydrogen-bond donors (Lipinski definition) is 2. The van der Waals surface area contributed by atoms with Gasteiger partial charge in [-0.1, -0.05) is 12.1 Å². The number of guanidine groups is 1. The minimum atomic E-state index is 0.363. The molecule has 1 heterocycles. The number of methoxy groups -OCH3 is 3. The van der Waals surface area contributed by atoms with Crippen molar-refractivity contribution in [1.29, 1.82) is 0 Å². The van der Waals surface area contributed by atoms with Crippen LogP contribution in [-0.2, 0) is 0 Å². The molecular weight excluding hydrogens is 356 g/mol. The normalized spacial score (nSPS) is 16.8. The van der Waals surface area contributed by atoms with E-state index in [0.717, 1.165) is 42.4 Å². The Morgan fingerprint density at radius 2 is 1.89 bits per heavy atom. The Labute approximate surface area is 166 Å². The van der Waals surface area contributed by atoms with Crippen LogP contribution in [-0.4, -0.2) is 46.9 Å². The summed E-state index contributed by atoms with van der Waals surface area (Å²) in [6.07, 6.45) is 1.07. The average molecular weight is 384 g/mol. The van der Waals surface area contributed by atoms with Crippen LogP contribution in [0.3, 0.4) is 0 Å². The summed E-state index contributed by atoms with van der Waals surface area (Å²) < 4.78 is 16.1. The van der Waals surface area contributed by atoms with Crippen LogP contribution in [0, 0.1) is 5.92 Å².